The molecular weight excluding hydrogens is 309 g/mol. The van der Waals surface area contributed by atoms with Gasteiger partial charge in [-0.3, -0.25) is 9.59 Å². The van der Waals surface area contributed by atoms with Gasteiger partial charge in [0.15, 0.2) is 0 Å². The lowest BCUT2D eigenvalue weighted by atomic mass is 9.77. The van der Waals surface area contributed by atoms with E-state index in [0.29, 0.717) is 5.56 Å². The van der Waals surface area contributed by atoms with Crippen molar-refractivity contribution in [2.45, 2.75) is 18.0 Å². The van der Waals surface area contributed by atoms with E-state index in [4.69, 9.17) is 4.74 Å². The van der Waals surface area contributed by atoms with E-state index >= 15 is 0 Å². The van der Waals surface area contributed by atoms with Crippen LogP contribution < -0.4 is 4.74 Å². The van der Waals surface area contributed by atoms with Gasteiger partial charge in [0, 0.05) is 5.56 Å². The maximum Gasteiger partial charge on any atom is 0.450 e. The summed E-state index contributed by atoms with van der Waals surface area (Å²) < 4.78 is 44.3. The number of hydrogen-bond donors (Lipinski definition) is 0. The monoisotopic (exact) mass is 320 g/mol. The molecule has 2 aromatic carbocycles. The molecule has 1 aliphatic heterocycles. The van der Waals surface area contributed by atoms with Crippen LogP contribution in [0, 0.1) is 0 Å². The minimum atomic E-state index is -5.04. The van der Waals surface area contributed by atoms with E-state index in [9.17, 15) is 22.8 Å². The molecule has 6 heteroatoms. The maximum atomic E-state index is 13.0. The van der Waals surface area contributed by atoms with Crippen molar-refractivity contribution in [3.63, 3.8) is 0 Å². The molecule has 118 valence electrons. The van der Waals surface area contributed by atoms with Crippen molar-refractivity contribution in [2.24, 2.45) is 0 Å². The molecule has 0 radical (unpaired) electrons. The van der Waals surface area contributed by atoms with E-state index < -0.39 is 29.8 Å². The van der Waals surface area contributed by atoms with Crippen LogP contribution in [-0.4, -0.2) is 17.9 Å². The first-order valence-corrected chi connectivity index (χ1v) is 6.86. The molecule has 0 aromatic heterocycles. The number of para-hydroxylation sites is 1. The lowest BCUT2D eigenvalue weighted by molar-refractivity contribution is -0.174. The van der Waals surface area contributed by atoms with E-state index in [1.807, 2.05) is 0 Å². The van der Waals surface area contributed by atoms with Crippen LogP contribution in [0.3, 0.4) is 0 Å². The molecule has 0 aliphatic carbocycles. The van der Waals surface area contributed by atoms with Crippen molar-refractivity contribution in [1.29, 1.82) is 0 Å². The molecule has 1 heterocycles. The maximum absolute atomic E-state index is 13.0. The fourth-order valence-electron chi connectivity index (χ4n) is 2.78. The van der Waals surface area contributed by atoms with Gasteiger partial charge in [-0.25, -0.2) is 0 Å². The Labute approximate surface area is 129 Å². The van der Waals surface area contributed by atoms with E-state index in [0.717, 1.165) is 0 Å². The fraction of sp³-hybridized carbons (Fsp3) is 0.176. The average Bonchev–Trinajstić information content (AvgIpc) is 2.53. The number of halogens is 3. The van der Waals surface area contributed by atoms with Crippen LogP contribution in [0.2, 0.25) is 0 Å². The highest BCUT2D eigenvalue weighted by Crippen LogP contribution is 2.45. The Morgan fingerprint density at radius 3 is 2.22 bits per heavy atom. The second-order valence-electron chi connectivity index (χ2n) is 5.19. The van der Waals surface area contributed by atoms with E-state index in [2.05, 4.69) is 0 Å². The quantitative estimate of drug-likeness (QED) is 0.627. The fourth-order valence-corrected chi connectivity index (χ4v) is 2.78. The van der Waals surface area contributed by atoms with Crippen LogP contribution in [-0.2, 0) is 9.59 Å². The van der Waals surface area contributed by atoms with Crippen molar-refractivity contribution in [1.82, 2.24) is 0 Å². The molecule has 23 heavy (non-hydrogen) atoms. The normalized spacial score (nSPS) is 20.6. The van der Waals surface area contributed by atoms with Crippen molar-refractivity contribution < 1.29 is 27.5 Å². The molecule has 0 saturated heterocycles. The largest absolute Gasteiger partial charge is 0.450 e. The van der Waals surface area contributed by atoms with Crippen molar-refractivity contribution in [3.8, 4) is 5.75 Å². The minimum Gasteiger partial charge on any atom is -0.426 e. The summed E-state index contributed by atoms with van der Waals surface area (Å²) in [4.78, 5) is 24.2. The zero-order valence-corrected chi connectivity index (χ0v) is 11.7. The predicted octanol–water partition coefficient (Wildman–Crippen LogP) is 3.60. The van der Waals surface area contributed by atoms with Crippen molar-refractivity contribution in [2.75, 3.05) is 0 Å². The number of rotatable bonds is 2. The topological polar surface area (TPSA) is 43.4 Å². The number of ketones is 1. The Morgan fingerprint density at radius 2 is 1.57 bits per heavy atom. The molecule has 0 saturated carbocycles. The second kappa shape index (κ2) is 5.53. The van der Waals surface area contributed by atoms with Gasteiger partial charge in [-0.05, 0) is 11.6 Å². The number of benzene rings is 2. The highest BCUT2D eigenvalue weighted by Gasteiger charge is 2.52. The van der Waals surface area contributed by atoms with Crippen LogP contribution in [0.5, 0.6) is 5.75 Å². The van der Waals surface area contributed by atoms with Crippen LogP contribution in [0.4, 0.5) is 13.2 Å². The van der Waals surface area contributed by atoms with Gasteiger partial charge in [0.2, 0.25) is 5.78 Å². The van der Waals surface area contributed by atoms with Gasteiger partial charge in [-0.15, -0.1) is 0 Å². The van der Waals surface area contributed by atoms with E-state index in [-0.39, 0.29) is 11.3 Å². The summed E-state index contributed by atoms with van der Waals surface area (Å²) in [6, 6.07) is 13.7. The molecule has 0 fully saturated rings. The summed E-state index contributed by atoms with van der Waals surface area (Å²) >= 11 is 0. The Balaban J connectivity index is 2.18. The first-order chi connectivity index (χ1) is 10.9. The third kappa shape index (κ3) is 2.72. The van der Waals surface area contributed by atoms with Crippen LogP contribution >= 0.6 is 0 Å². The number of ether oxygens (including phenoxy) is 1. The molecule has 0 spiro atoms. The standard InChI is InChI=1S/C17H11F3O3/c18-17(19,20)15(21)14-11-8-4-5-9-12(11)23-16(22)13(14)10-6-2-1-3-7-10/h1-9,13-14H/t13-,14-/m1/s1. The Morgan fingerprint density at radius 1 is 0.957 bits per heavy atom. The molecule has 3 rings (SSSR count). The lowest BCUT2D eigenvalue weighted by Crippen LogP contribution is -2.39. The highest BCUT2D eigenvalue weighted by atomic mass is 19.4. The van der Waals surface area contributed by atoms with E-state index in [1.54, 1.807) is 18.2 Å². The Kier molecular flexibility index (Phi) is 3.67. The minimum absolute atomic E-state index is 0.00715. The summed E-state index contributed by atoms with van der Waals surface area (Å²) in [5.74, 6) is -5.78. The third-order valence-corrected chi connectivity index (χ3v) is 3.77. The number of esters is 1. The molecule has 0 amide bonds. The van der Waals surface area contributed by atoms with Gasteiger partial charge >= 0.3 is 12.1 Å². The second-order valence-corrected chi connectivity index (χ2v) is 5.19. The predicted molar refractivity (Wildman–Crippen MR) is 75.1 cm³/mol. The van der Waals surface area contributed by atoms with Crippen LogP contribution in [0.1, 0.15) is 23.0 Å². The lowest BCUT2D eigenvalue weighted by Gasteiger charge is -2.31. The first-order valence-electron chi connectivity index (χ1n) is 6.86. The summed E-state index contributed by atoms with van der Waals surface area (Å²) in [5, 5.41) is 0. The summed E-state index contributed by atoms with van der Waals surface area (Å²) in [5.41, 5.74) is 0.387. The Bertz CT molecular complexity index is 753. The number of hydrogen-bond acceptors (Lipinski definition) is 3. The molecule has 2 atom stereocenters. The number of alkyl halides is 3. The van der Waals surface area contributed by atoms with Gasteiger partial charge in [-0.1, -0.05) is 48.5 Å². The van der Waals surface area contributed by atoms with Gasteiger partial charge in [-0.2, -0.15) is 13.2 Å². The number of Topliss-reactive ketones (excluding diaryl/α,β-unsaturated/α-hetero) is 1. The first kappa shape index (κ1) is 15.3. The Hall–Kier alpha value is -2.63. The molecular formula is C17H11F3O3. The molecule has 1 aliphatic rings. The number of fused-ring (bicyclic) bond motifs is 1. The van der Waals surface area contributed by atoms with Crippen molar-refractivity contribution in [3.05, 3.63) is 65.7 Å². The summed E-state index contributed by atoms with van der Waals surface area (Å²) in [7, 11) is 0. The SMILES string of the molecule is O=C1Oc2ccccc2[C@@H](C(=O)C(F)(F)F)[C@H]1c1ccccc1. The van der Waals surface area contributed by atoms with Gasteiger partial charge in [0.25, 0.3) is 0 Å². The zero-order chi connectivity index (χ0) is 16.6. The van der Waals surface area contributed by atoms with Gasteiger partial charge in [0.05, 0.1) is 11.8 Å². The smallest absolute Gasteiger partial charge is 0.426 e. The molecule has 0 N–H and O–H groups in total. The number of carbonyl (C=O) groups is 2. The number of carbonyl (C=O) groups excluding carboxylic acids is 2. The van der Waals surface area contributed by atoms with Gasteiger partial charge in [0.1, 0.15) is 5.75 Å². The highest BCUT2D eigenvalue weighted by molar-refractivity contribution is 5.99. The zero-order valence-electron chi connectivity index (χ0n) is 11.7. The molecule has 0 bridgehead atoms. The van der Waals surface area contributed by atoms with E-state index in [1.165, 1.54) is 36.4 Å². The van der Waals surface area contributed by atoms with Crippen LogP contribution in [0.15, 0.2) is 54.6 Å². The third-order valence-electron chi connectivity index (χ3n) is 3.77. The molecule has 2 aromatic rings. The average molecular weight is 320 g/mol. The van der Waals surface area contributed by atoms with Crippen molar-refractivity contribution >= 4 is 11.8 Å². The molecule has 0 unspecified atom stereocenters. The summed E-state index contributed by atoms with van der Waals surface area (Å²) in [6.45, 7) is 0. The van der Waals surface area contributed by atoms with Gasteiger partial charge < -0.3 is 4.74 Å². The molecule has 3 nitrogen and oxygen atoms in total. The summed E-state index contributed by atoms with van der Waals surface area (Å²) in [6.07, 6.45) is -5.04. The van der Waals surface area contributed by atoms with Crippen LogP contribution in [0.25, 0.3) is 0 Å².